The van der Waals surface area contributed by atoms with Crippen LogP contribution in [0.5, 0.6) is 11.5 Å². The maximum atomic E-state index is 6.02. The van der Waals surface area contributed by atoms with Gasteiger partial charge >= 0.3 is 0 Å². The monoisotopic (exact) mass is 316 g/mol. The molecular weight excluding hydrogens is 311 g/mol. The van der Waals surface area contributed by atoms with Crippen molar-refractivity contribution in [2.75, 3.05) is 0 Å². The SMILES string of the molecule is Clc1cccc(Oc2ccccc2Br)c1Cl. The Morgan fingerprint density at radius 2 is 1.56 bits per heavy atom. The summed E-state index contributed by atoms with van der Waals surface area (Å²) >= 11 is 15.3. The van der Waals surface area contributed by atoms with Crippen molar-refractivity contribution in [3.8, 4) is 11.5 Å². The Kier molecular flexibility index (Phi) is 3.74. The second-order valence-corrected chi connectivity index (χ2v) is 4.72. The van der Waals surface area contributed by atoms with Crippen LogP contribution in [0.25, 0.3) is 0 Å². The lowest BCUT2D eigenvalue weighted by Gasteiger charge is -2.09. The Bertz CT molecular complexity index is 514. The van der Waals surface area contributed by atoms with Gasteiger partial charge in [0.1, 0.15) is 16.5 Å². The van der Waals surface area contributed by atoms with Crippen molar-refractivity contribution in [3.05, 3.63) is 57.0 Å². The van der Waals surface area contributed by atoms with Gasteiger partial charge in [0.15, 0.2) is 0 Å². The van der Waals surface area contributed by atoms with Gasteiger partial charge in [0.2, 0.25) is 0 Å². The molecule has 2 rings (SSSR count). The summed E-state index contributed by atoms with van der Waals surface area (Å²) in [6.07, 6.45) is 0. The minimum absolute atomic E-state index is 0.417. The van der Waals surface area contributed by atoms with Crippen molar-refractivity contribution in [2.24, 2.45) is 0 Å². The first-order valence-corrected chi connectivity index (χ1v) is 6.10. The molecule has 0 saturated carbocycles. The second-order valence-electron chi connectivity index (χ2n) is 3.08. The van der Waals surface area contributed by atoms with Gasteiger partial charge in [-0.15, -0.1) is 0 Å². The van der Waals surface area contributed by atoms with Crippen molar-refractivity contribution >= 4 is 39.1 Å². The van der Waals surface area contributed by atoms with Crippen molar-refractivity contribution in [1.82, 2.24) is 0 Å². The molecule has 0 fully saturated rings. The van der Waals surface area contributed by atoms with Crippen LogP contribution >= 0.6 is 39.1 Å². The highest BCUT2D eigenvalue weighted by atomic mass is 79.9. The summed E-state index contributed by atoms with van der Waals surface area (Å²) < 4.78 is 6.52. The number of benzene rings is 2. The molecule has 0 radical (unpaired) electrons. The Morgan fingerprint density at radius 1 is 0.875 bits per heavy atom. The molecule has 82 valence electrons. The van der Waals surface area contributed by atoms with E-state index in [0.29, 0.717) is 21.5 Å². The molecule has 0 bridgehead atoms. The van der Waals surface area contributed by atoms with E-state index in [0.717, 1.165) is 4.47 Å². The molecule has 0 unspecified atom stereocenters. The first-order valence-electron chi connectivity index (χ1n) is 4.55. The minimum atomic E-state index is 0.417. The third-order valence-corrected chi connectivity index (χ3v) is 3.43. The van der Waals surface area contributed by atoms with Crippen LogP contribution in [0, 0.1) is 0 Å². The largest absolute Gasteiger partial charge is 0.455 e. The van der Waals surface area contributed by atoms with Gasteiger partial charge in [0, 0.05) is 0 Å². The molecule has 0 N–H and O–H groups in total. The average molecular weight is 318 g/mol. The summed E-state index contributed by atoms with van der Waals surface area (Å²) in [6, 6.07) is 12.8. The lowest BCUT2D eigenvalue weighted by molar-refractivity contribution is 0.480. The van der Waals surface area contributed by atoms with Gasteiger partial charge < -0.3 is 4.74 Å². The molecule has 0 atom stereocenters. The van der Waals surface area contributed by atoms with E-state index in [1.165, 1.54) is 0 Å². The van der Waals surface area contributed by atoms with Crippen LogP contribution in [-0.4, -0.2) is 0 Å². The number of hydrogen-bond donors (Lipinski definition) is 0. The Balaban J connectivity index is 2.35. The van der Waals surface area contributed by atoms with E-state index in [-0.39, 0.29) is 0 Å². The van der Waals surface area contributed by atoms with Gasteiger partial charge in [-0.05, 0) is 40.2 Å². The van der Waals surface area contributed by atoms with E-state index in [4.69, 9.17) is 27.9 Å². The molecule has 4 heteroatoms. The Morgan fingerprint density at radius 3 is 2.31 bits per heavy atom. The third kappa shape index (κ3) is 2.51. The van der Waals surface area contributed by atoms with Crippen LogP contribution < -0.4 is 4.74 Å². The van der Waals surface area contributed by atoms with Gasteiger partial charge in [-0.25, -0.2) is 0 Å². The van der Waals surface area contributed by atoms with Gasteiger partial charge in [-0.1, -0.05) is 41.4 Å². The van der Waals surface area contributed by atoms with Gasteiger partial charge in [-0.3, -0.25) is 0 Å². The normalized spacial score (nSPS) is 10.2. The first-order chi connectivity index (χ1) is 7.68. The molecular formula is C12H7BrCl2O. The zero-order valence-electron chi connectivity index (χ0n) is 8.08. The zero-order valence-corrected chi connectivity index (χ0v) is 11.2. The van der Waals surface area contributed by atoms with Crippen LogP contribution in [0.4, 0.5) is 0 Å². The molecule has 0 spiro atoms. The molecule has 2 aromatic rings. The van der Waals surface area contributed by atoms with Gasteiger partial charge in [0.25, 0.3) is 0 Å². The summed E-state index contributed by atoms with van der Waals surface area (Å²) in [5, 5.41) is 0.895. The number of rotatable bonds is 2. The lowest BCUT2D eigenvalue weighted by atomic mass is 10.3. The van der Waals surface area contributed by atoms with Gasteiger partial charge in [0.05, 0.1) is 9.50 Å². The van der Waals surface area contributed by atoms with Crippen LogP contribution in [0.3, 0.4) is 0 Å². The zero-order chi connectivity index (χ0) is 11.5. The molecule has 0 aliphatic rings. The fourth-order valence-electron chi connectivity index (χ4n) is 1.21. The number of para-hydroxylation sites is 1. The number of hydrogen-bond acceptors (Lipinski definition) is 1. The second kappa shape index (κ2) is 5.09. The fraction of sp³-hybridized carbons (Fsp3) is 0. The third-order valence-electron chi connectivity index (χ3n) is 1.97. The van der Waals surface area contributed by atoms with Crippen molar-refractivity contribution < 1.29 is 4.74 Å². The smallest absolute Gasteiger partial charge is 0.147 e. The van der Waals surface area contributed by atoms with E-state index < -0.39 is 0 Å². The van der Waals surface area contributed by atoms with Crippen molar-refractivity contribution in [1.29, 1.82) is 0 Å². The summed E-state index contributed by atoms with van der Waals surface area (Å²) in [7, 11) is 0. The number of ether oxygens (including phenoxy) is 1. The fourth-order valence-corrected chi connectivity index (χ4v) is 1.90. The molecule has 2 aromatic carbocycles. The predicted octanol–water partition coefficient (Wildman–Crippen LogP) is 5.55. The maximum Gasteiger partial charge on any atom is 0.147 e. The molecule has 0 heterocycles. The summed E-state index contributed by atoms with van der Waals surface area (Å²) in [5.74, 6) is 1.24. The van der Waals surface area contributed by atoms with E-state index in [1.54, 1.807) is 18.2 Å². The summed E-state index contributed by atoms with van der Waals surface area (Å²) in [5.41, 5.74) is 0. The lowest BCUT2D eigenvalue weighted by Crippen LogP contribution is -1.86. The van der Waals surface area contributed by atoms with Crippen molar-refractivity contribution in [2.45, 2.75) is 0 Å². The van der Waals surface area contributed by atoms with E-state index >= 15 is 0 Å². The van der Waals surface area contributed by atoms with Crippen LogP contribution in [0.15, 0.2) is 46.9 Å². The molecule has 16 heavy (non-hydrogen) atoms. The Labute approximate surface area is 112 Å². The summed E-state index contributed by atoms with van der Waals surface area (Å²) in [6.45, 7) is 0. The molecule has 0 aliphatic heterocycles. The van der Waals surface area contributed by atoms with Crippen LogP contribution in [0.1, 0.15) is 0 Å². The molecule has 0 amide bonds. The highest BCUT2D eigenvalue weighted by molar-refractivity contribution is 9.10. The topological polar surface area (TPSA) is 9.23 Å². The average Bonchev–Trinajstić information content (AvgIpc) is 2.28. The maximum absolute atomic E-state index is 6.02. The quantitative estimate of drug-likeness (QED) is 0.705. The van der Waals surface area contributed by atoms with E-state index in [1.807, 2.05) is 24.3 Å². The molecule has 1 nitrogen and oxygen atoms in total. The molecule has 0 saturated heterocycles. The Hall–Kier alpha value is -0.700. The van der Waals surface area contributed by atoms with Crippen molar-refractivity contribution in [3.63, 3.8) is 0 Å². The standard InChI is InChI=1S/C12H7BrCl2O/c13-8-4-1-2-6-10(8)16-11-7-3-5-9(14)12(11)15/h1-7H. The van der Waals surface area contributed by atoms with E-state index in [2.05, 4.69) is 15.9 Å². The molecule has 0 aliphatic carbocycles. The molecule has 0 aromatic heterocycles. The highest BCUT2D eigenvalue weighted by Gasteiger charge is 2.07. The number of halogens is 3. The highest BCUT2D eigenvalue weighted by Crippen LogP contribution is 2.36. The van der Waals surface area contributed by atoms with Crippen LogP contribution in [0.2, 0.25) is 10.0 Å². The minimum Gasteiger partial charge on any atom is -0.455 e. The van der Waals surface area contributed by atoms with E-state index in [9.17, 15) is 0 Å². The van der Waals surface area contributed by atoms with Gasteiger partial charge in [-0.2, -0.15) is 0 Å². The summed E-state index contributed by atoms with van der Waals surface area (Å²) in [4.78, 5) is 0. The predicted molar refractivity (Wildman–Crippen MR) is 70.7 cm³/mol. The first kappa shape index (κ1) is 11.8. The van der Waals surface area contributed by atoms with Crippen LogP contribution in [-0.2, 0) is 0 Å².